The fourth-order valence-corrected chi connectivity index (χ4v) is 10.0. The maximum Gasteiger partial charge on any atom is 0.160 e. The molecule has 0 amide bonds. The van der Waals surface area contributed by atoms with Crippen LogP contribution in [-0.2, 0) is 5.41 Å². The van der Waals surface area contributed by atoms with Crippen molar-refractivity contribution in [2.24, 2.45) is 0 Å². The van der Waals surface area contributed by atoms with Gasteiger partial charge in [-0.15, -0.1) is 11.3 Å². The van der Waals surface area contributed by atoms with E-state index in [1.54, 1.807) is 0 Å². The van der Waals surface area contributed by atoms with Crippen molar-refractivity contribution in [3.63, 3.8) is 0 Å². The van der Waals surface area contributed by atoms with E-state index in [4.69, 9.17) is 9.97 Å². The van der Waals surface area contributed by atoms with Gasteiger partial charge in [0.2, 0.25) is 0 Å². The normalized spacial score (nSPS) is 13.1. The van der Waals surface area contributed by atoms with Gasteiger partial charge in [0.05, 0.1) is 11.4 Å². The predicted octanol–water partition coefficient (Wildman–Crippen LogP) is 14.1. The number of hydrogen-bond acceptors (Lipinski definition) is 3. The van der Waals surface area contributed by atoms with Gasteiger partial charge in [-0.3, -0.25) is 0 Å². The second kappa shape index (κ2) is 11.8. The van der Waals surface area contributed by atoms with E-state index in [1.165, 1.54) is 75.1 Å². The number of aromatic nitrogens is 2. The van der Waals surface area contributed by atoms with Crippen molar-refractivity contribution >= 4 is 53.1 Å². The standard InChI is InChI=1S/C51H34N2S/c1-51(2)42-27-24-33(29-41(42)48-35-16-7-6-13-31(35)23-28-43(48)51)34-25-26-38(37-18-9-8-17-36(34)37)44-30-45(53-50(52-44)32-14-4-3-5-15-32)39-20-12-22-47-49(39)40-19-10-11-21-46(40)54-47/h3-30H,1-2H3. The number of hydrogen-bond donors (Lipinski definition) is 0. The largest absolute Gasteiger partial charge is 0.228 e. The molecule has 0 radical (unpaired) electrons. The summed E-state index contributed by atoms with van der Waals surface area (Å²) in [6, 6.07) is 61.7. The Kier molecular flexibility index (Phi) is 6.80. The smallest absolute Gasteiger partial charge is 0.160 e. The average molecular weight is 707 g/mol. The molecule has 0 fully saturated rings. The Balaban J connectivity index is 1.12. The highest BCUT2D eigenvalue weighted by atomic mass is 32.1. The lowest BCUT2D eigenvalue weighted by molar-refractivity contribution is 0.661. The second-order valence-electron chi connectivity index (χ2n) is 14.9. The van der Waals surface area contributed by atoms with E-state index < -0.39 is 0 Å². The molecule has 0 unspecified atom stereocenters. The van der Waals surface area contributed by atoms with Crippen LogP contribution in [0.5, 0.6) is 0 Å². The summed E-state index contributed by atoms with van der Waals surface area (Å²) in [5, 5.41) is 7.48. The van der Waals surface area contributed by atoms with Crippen LogP contribution >= 0.6 is 11.3 Å². The maximum absolute atomic E-state index is 5.29. The Labute approximate surface area is 318 Å². The number of nitrogens with zero attached hydrogens (tertiary/aromatic N) is 2. The van der Waals surface area contributed by atoms with Crippen LogP contribution in [0.2, 0.25) is 0 Å². The van der Waals surface area contributed by atoms with Crippen molar-refractivity contribution < 1.29 is 0 Å². The van der Waals surface area contributed by atoms with Gasteiger partial charge >= 0.3 is 0 Å². The van der Waals surface area contributed by atoms with Crippen molar-refractivity contribution in [2.45, 2.75) is 19.3 Å². The predicted molar refractivity (Wildman–Crippen MR) is 229 cm³/mol. The molecule has 3 heteroatoms. The highest BCUT2D eigenvalue weighted by molar-refractivity contribution is 7.25. The Morgan fingerprint density at radius 3 is 1.91 bits per heavy atom. The summed E-state index contributed by atoms with van der Waals surface area (Å²) >= 11 is 1.83. The minimum Gasteiger partial charge on any atom is -0.228 e. The molecule has 54 heavy (non-hydrogen) atoms. The van der Waals surface area contributed by atoms with Crippen molar-refractivity contribution in [1.82, 2.24) is 9.97 Å². The molecule has 0 aliphatic heterocycles. The lowest BCUT2D eigenvalue weighted by Gasteiger charge is -2.22. The number of fused-ring (bicyclic) bond motifs is 9. The molecule has 0 N–H and O–H groups in total. The minimum absolute atomic E-state index is 0.0695. The van der Waals surface area contributed by atoms with E-state index in [2.05, 4.69) is 178 Å². The highest BCUT2D eigenvalue weighted by Crippen LogP contribution is 2.52. The first-order valence-electron chi connectivity index (χ1n) is 18.6. The molecule has 0 saturated heterocycles. The number of thiophene rings is 1. The lowest BCUT2D eigenvalue weighted by atomic mass is 9.81. The summed E-state index contributed by atoms with van der Waals surface area (Å²) in [6.45, 7) is 4.72. The molecule has 254 valence electrons. The SMILES string of the molecule is CC1(C)c2ccc(-c3ccc(-c4cc(-c5cccc6sc7ccccc7c56)nc(-c5ccccc5)n4)c4ccccc34)cc2-c2c1ccc1ccccc21. The fraction of sp³-hybridized carbons (Fsp3) is 0.0588. The van der Waals surface area contributed by atoms with Gasteiger partial charge in [0.1, 0.15) is 0 Å². The molecule has 0 saturated carbocycles. The third-order valence-electron chi connectivity index (χ3n) is 11.5. The summed E-state index contributed by atoms with van der Waals surface area (Å²) in [5.41, 5.74) is 12.9. The third-order valence-corrected chi connectivity index (χ3v) is 12.6. The van der Waals surface area contributed by atoms with E-state index in [1.807, 2.05) is 17.4 Å². The van der Waals surface area contributed by atoms with Gasteiger partial charge < -0.3 is 0 Å². The summed E-state index contributed by atoms with van der Waals surface area (Å²) in [5.74, 6) is 0.722. The molecule has 8 aromatic carbocycles. The van der Waals surface area contributed by atoms with E-state index in [-0.39, 0.29) is 5.41 Å². The Bertz CT molecular complexity index is 3130. The monoisotopic (exact) mass is 706 g/mol. The lowest BCUT2D eigenvalue weighted by Crippen LogP contribution is -2.14. The fourth-order valence-electron chi connectivity index (χ4n) is 8.89. The van der Waals surface area contributed by atoms with Gasteiger partial charge in [-0.05, 0) is 79.2 Å². The van der Waals surface area contributed by atoms with Gasteiger partial charge in [-0.25, -0.2) is 9.97 Å². The van der Waals surface area contributed by atoms with Crippen LogP contribution < -0.4 is 0 Å². The summed E-state index contributed by atoms with van der Waals surface area (Å²) in [7, 11) is 0. The molecule has 2 heterocycles. The Morgan fingerprint density at radius 1 is 0.426 bits per heavy atom. The van der Waals surface area contributed by atoms with E-state index >= 15 is 0 Å². The van der Waals surface area contributed by atoms with Crippen LogP contribution in [0.15, 0.2) is 170 Å². The maximum atomic E-state index is 5.29. The van der Waals surface area contributed by atoms with E-state index in [0.717, 1.165) is 33.9 Å². The zero-order chi connectivity index (χ0) is 36.0. The van der Waals surface area contributed by atoms with Gasteiger partial charge in [0, 0.05) is 42.3 Å². The highest BCUT2D eigenvalue weighted by Gasteiger charge is 2.36. The van der Waals surface area contributed by atoms with Crippen LogP contribution in [-0.4, -0.2) is 9.97 Å². The van der Waals surface area contributed by atoms with Crippen molar-refractivity contribution in [3.05, 3.63) is 181 Å². The Hall–Kier alpha value is -6.42. The quantitative estimate of drug-likeness (QED) is 0.182. The summed E-state index contributed by atoms with van der Waals surface area (Å²) in [6.07, 6.45) is 0. The number of benzene rings is 8. The molecule has 1 aliphatic rings. The molecule has 2 nitrogen and oxygen atoms in total. The molecule has 2 aromatic heterocycles. The summed E-state index contributed by atoms with van der Waals surface area (Å²) < 4.78 is 2.55. The molecule has 1 aliphatic carbocycles. The third kappa shape index (κ3) is 4.65. The van der Waals surface area contributed by atoms with Crippen LogP contribution in [0, 0.1) is 0 Å². The van der Waals surface area contributed by atoms with Gasteiger partial charge in [0.25, 0.3) is 0 Å². The summed E-state index contributed by atoms with van der Waals surface area (Å²) in [4.78, 5) is 10.6. The van der Waals surface area contributed by atoms with Crippen molar-refractivity contribution in [1.29, 1.82) is 0 Å². The van der Waals surface area contributed by atoms with Gasteiger partial charge in [-0.1, -0.05) is 159 Å². The van der Waals surface area contributed by atoms with E-state index in [9.17, 15) is 0 Å². The van der Waals surface area contributed by atoms with Gasteiger partial charge in [-0.2, -0.15) is 0 Å². The number of rotatable bonds is 4. The molecule has 0 bridgehead atoms. The first kappa shape index (κ1) is 31.1. The van der Waals surface area contributed by atoms with Crippen LogP contribution in [0.25, 0.3) is 97.9 Å². The first-order chi connectivity index (χ1) is 26.5. The molecule has 10 aromatic rings. The van der Waals surface area contributed by atoms with Crippen LogP contribution in [0.3, 0.4) is 0 Å². The van der Waals surface area contributed by atoms with Crippen LogP contribution in [0.4, 0.5) is 0 Å². The van der Waals surface area contributed by atoms with Crippen molar-refractivity contribution in [3.8, 4) is 56.2 Å². The second-order valence-corrected chi connectivity index (χ2v) is 16.0. The molecule has 11 rings (SSSR count). The van der Waals surface area contributed by atoms with Crippen molar-refractivity contribution in [2.75, 3.05) is 0 Å². The van der Waals surface area contributed by atoms with E-state index in [0.29, 0.717) is 0 Å². The molecule has 0 spiro atoms. The van der Waals surface area contributed by atoms with Gasteiger partial charge in [0.15, 0.2) is 5.82 Å². The minimum atomic E-state index is -0.0695. The first-order valence-corrected chi connectivity index (χ1v) is 19.4. The Morgan fingerprint density at radius 2 is 1.07 bits per heavy atom. The zero-order valence-electron chi connectivity index (χ0n) is 30.0. The zero-order valence-corrected chi connectivity index (χ0v) is 30.8. The molecular formula is C51H34N2S. The molecule has 0 atom stereocenters. The van der Waals surface area contributed by atoms with Crippen LogP contribution in [0.1, 0.15) is 25.0 Å². The average Bonchev–Trinajstić information content (AvgIpc) is 3.72. The topological polar surface area (TPSA) is 25.8 Å². The molecular weight excluding hydrogens is 673 g/mol.